The van der Waals surface area contributed by atoms with Gasteiger partial charge in [-0.05, 0) is 48.1 Å². The van der Waals surface area contributed by atoms with Crippen LogP contribution in [0, 0.1) is 35.5 Å². The van der Waals surface area contributed by atoms with Gasteiger partial charge in [-0.1, -0.05) is 37.3 Å². The fourth-order valence-electron chi connectivity index (χ4n) is 5.22. The summed E-state index contributed by atoms with van der Waals surface area (Å²) in [6, 6.07) is 7.83. The first-order chi connectivity index (χ1) is 10.7. The molecule has 2 amide bonds. The number of amides is 2. The fourth-order valence-corrected chi connectivity index (χ4v) is 5.22. The molecular formula is C19H19NO2. The largest absolute Gasteiger partial charge is 0.274 e. The summed E-state index contributed by atoms with van der Waals surface area (Å²) in [7, 11) is 0. The predicted octanol–water partition coefficient (Wildman–Crippen LogP) is 2.81. The van der Waals surface area contributed by atoms with Crippen LogP contribution in [-0.2, 0) is 16.0 Å². The standard InChI is InChI=1S/C19H19NO2/c1-2-10-5-3-4-6-15(10)20-18(21)16-11-7-8-12(14-9-13(11)14)17(16)19(20)22/h3-8,11-14,16-17H,2,9H2,1H3/t11-,12-,13-,14+,16+,17-/m1/s1. The van der Waals surface area contributed by atoms with Crippen LogP contribution in [0.25, 0.3) is 0 Å². The Hall–Kier alpha value is -1.90. The van der Waals surface area contributed by atoms with E-state index in [0.29, 0.717) is 23.7 Å². The van der Waals surface area contributed by atoms with Crippen LogP contribution in [-0.4, -0.2) is 11.8 Å². The van der Waals surface area contributed by atoms with Crippen molar-refractivity contribution in [2.75, 3.05) is 4.90 Å². The van der Waals surface area contributed by atoms with Crippen LogP contribution in [0.2, 0.25) is 0 Å². The second kappa shape index (κ2) is 4.09. The average molecular weight is 293 g/mol. The Bertz CT molecular complexity index is 686. The molecule has 4 aliphatic carbocycles. The Labute approximate surface area is 130 Å². The van der Waals surface area contributed by atoms with E-state index in [1.807, 2.05) is 24.3 Å². The third-order valence-corrected chi connectivity index (χ3v) is 6.28. The zero-order valence-electron chi connectivity index (χ0n) is 12.6. The molecule has 6 atom stereocenters. The van der Waals surface area contributed by atoms with Gasteiger partial charge in [-0.2, -0.15) is 0 Å². The molecule has 2 bridgehead atoms. The molecule has 0 unspecified atom stereocenters. The van der Waals surface area contributed by atoms with Gasteiger partial charge in [0.05, 0.1) is 17.5 Å². The number of rotatable bonds is 2. The Morgan fingerprint density at radius 3 is 2.18 bits per heavy atom. The SMILES string of the molecule is CCc1ccccc1N1C(=O)[C@@H]2[C@@H]3C=C[C@H]([C@H]4C[C@@H]34)[C@@H]2C1=O. The number of hydrogen-bond acceptors (Lipinski definition) is 2. The molecule has 0 radical (unpaired) electrons. The minimum Gasteiger partial charge on any atom is -0.274 e. The van der Waals surface area contributed by atoms with Crippen LogP contribution in [0.4, 0.5) is 5.69 Å². The van der Waals surface area contributed by atoms with Crippen molar-refractivity contribution >= 4 is 17.5 Å². The lowest BCUT2D eigenvalue weighted by molar-refractivity contribution is -0.124. The summed E-state index contributed by atoms with van der Waals surface area (Å²) in [5.74, 6) is 1.81. The summed E-state index contributed by atoms with van der Waals surface area (Å²) >= 11 is 0. The van der Waals surface area contributed by atoms with Crippen LogP contribution < -0.4 is 4.90 Å². The van der Waals surface area contributed by atoms with Gasteiger partial charge in [0.1, 0.15) is 0 Å². The Morgan fingerprint density at radius 2 is 1.59 bits per heavy atom. The van der Waals surface area contributed by atoms with Crippen molar-refractivity contribution in [2.24, 2.45) is 35.5 Å². The number of imide groups is 1. The summed E-state index contributed by atoms with van der Waals surface area (Å²) in [6.07, 6.45) is 6.49. The number of para-hydroxylation sites is 1. The van der Waals surface area contributed by atoms with E-state index in [-0.39, 0.29) is 23.7 Å². The lowest BCUT2D eigenvalue weighted by atomic mass is 9.63. The van der Waals surface area contributed by atoms with Gasteiger partial charge in [0.15, 0.2) is 0 Å². The summed E-state index contributed by atoms with van der Waals surface area (Å²) in [5, 5.41) is 0. The van der Waals surface area contributed by atoms with Gasteiger partial charge in [0, 0.05) is 0 Å². The Morgan fingerprint density at radius 1 is 1.00 bits per heavy atom. The van der Waals surface area contributed by atoms with Crippen molar-refractivity contribution in [3.05, 3.63) is 42.0 Å². The summed E-state index contributed by atoms with van der Waals surface area (Å²) in [6.45, 7) is 2.07. The average Bonchev–Trinajstić information content (AvgIpc) is 3.32. The third-order valence-electron chi connectivity index (χ3n) is 6.28. The van der Waals surface area contributed by atoms with Gasteiger partial charge >= 0.3 is 0 Å². The highest BCUT2D eigenvalue weighted by Crippen LogP contribution is 2.65. The van der Waals surface area contributed by atoms with Crippen molar-refractivity contribution < 1.29 is 9.59 Å². The number of allylic oxidation sites excluding steroid dienone is 2. The molecule has 112 valence electrons. The van der Waals surface area contributed by atoms with Gasteiger partial charge in [0.2, 0.25) is 11.8 Å². The van der Waals surface area contributed by atoms with Crippen LogP contribution in [0.15, 0.2) is 36.4 Å². The monoisotopic (exact) mass is 293 g/mol. The van der Waals surface area contributed by atoms with Crippen LogP contribution >= 0.6 is 0 Å². The molecule has 3 heteroatoms. The normalized spacial score (nSPS) is 40.9. The third kappa shape index (κ3) is 1.37. The molecule has 1 saturated heterocycles. The topological polar surface area (TPSA) is 37.4 Å². The molecule has 2 saturated carbocycles. The lowest BCUT2D eigenvalue weighted by Crippen LogP contribution is -2.40. The molecule has 0 N–H and O–H groups in total. The summed E-state index contributed by atoms with van der Waals surface area (Å²) in [5.41, 5.74) is 1.88. The van der Waals surface area contributed by atoms with Crippen molar-refractivity contribution in [1.82, 2.24) is 0 Å². The van der Waals surface area contributed by atoms with E-state index >= 15 is 0 Å². The number of aryl methyl sites for hydroxylation is 1. The molecule has 1 aromatic rings. The maximum Gasteiger partial charge on any atom is 0.238 e. The lowest BCUT2D eigenvalue weighted by Gasteiger charge is -2.37. The van der Waals surface area contributed by atoms with Gasteiger partial charge in [-0.3, -0.25) is 9.59 Å². The number of hydrogen-bond donors (Lipinski definition) is 0. The molecule has 1 aromatic carbocycles. The molecule has 0 aromatic heterocycles. The van der Waals surface area contributed by atoms with Crippen molar-refractivity contribution in [3.63, 3.8) is 0 Å². The number of benzene rings is 1. The van der Waals surface area contributed by atoms with Crippen molar-refractivity contribution in [2.45, 2.75) is 19.8 Å². The molecule has 1 aliphatic heterocycles. The van der Waals surface area contributed by atoms with E-state index in [0.717, 1.165) is 17.7 Å². The number of carbonyl (C=O) groups is 2. The quantitative estimate of drug-likeness (QED) is 0.621. The van der Waals surface area contributed by atoms with E-state index < -0.39 is 0 Å². The minimum atomic E-state index is -0.101. The highest BCUT2D eigenvalue weighted by atomic mass is 16.2. The number of nitrogens with zero attached hydrogens (tertiary/aromatic N) is 1. The maximum atomic E-state index is 13.0. The van der Waals surface area contributed by atoms with Crippen LogP contribution in [0.5, 0.6) is 0 Å². The molecular weight excluding hydrogens is 274 g/mol. The zero-order valence-corrected chi connectivity index (χ0v) is 12.6. The molecule has 22 heavy (non-hydrogen) atoms. The molecule has 5 aliphatic rings. The second-order valence-corrected chi connectivity index (χ2v) is 7.15. The van der Waals surface area contributed by atoms with E-state index in [1.54, 1.807) is 0 Å². The van der Waals surface area contributed by atoms with Crippen LogP contribution in [0.1, 0.15) is 18.9 Å². The minimum absolute atomic E-state index is 0.0422. The van der Waals surface area contributed by atoms with Crippen LogP contribution in [0.3, 0.4) is 0 Å². The molecule has 1 heterocycles. The van der Waals surface area contributed by atoms with Gasteiger partial charge < -0.3 is 0 Å². The second-order valence-electron chi connectivity index (χ2n) is 7.15. The fraction of sp³-hybridized carbons (Fsp3) is 0.474. The van der Waals surface area contributed by atoms with E-state index in [2.05, 4.69) is 19.1 Å². The molecule has 3 nitrogen and oxygen atoms in total. The zero-order chi connectivity index (χ0) is 15.0. The number of carbonyl (C=O) groups excluding carboxylic acids is 2. The first-order valence-electron chi connectivity index (χ1n) is 8.36. The summed E-state index contributed by atoms with van der Waals surface area (Å²) < 4.78 is 0. The molecule has 0 spiro atoms. The Kier molecular flexibility index (Phi) is 2.35. The Balaban J connectivity index is 1.60. The van der Waals surface area contributed by atoms with Gasteiger partial charge in [-0.25, -0.2) is 4.90 Å². The molecule has 3 fully saturated rings. The highest BCUT2D eigenvalue weighted by molar-refractivity contribution is 6.23. The first-order valence-corrected chi connectivity index (χ1v) is 8.36. The number of anilines is 1. The summed E-state index contributed by atoms with van der Waals surface area (Å²) in [4.78, 5) is 27.6. The van der Waals surface area contributed by atoms with Gasteiger partial charge in [-0.15, -0.1) is 0 Å². The van der Waals surface area contributed by atoms with Gasteiger partial charge in [0.25, 0.3) is 0 Å². The van der Waals surface area contributed by atoms with Crippen molar-refractivity contribution in [1.29, 1.82) is 0 Å². The van der Waals surface area contributed by atoms with E-state index in [4.69, 9.17) is 0 Å². The van der Waals surface area contributed by atoms with E-state index in [1.165, 1.54) is 11.3 Å². The first kappa shape index (κ1) is 12.6. The maximum absolute atomic E-state index is 13.0. The highest BCUT2D eigenvalue weighted by Gasteiger charge is 2.67. The van der Waals surface area contributed by atoms with E-state index in [9.17, 15) is 9.59 Å². The smallest absolute Gasteiger partial charge is 0.238 e. The molecule has 6 rings (SSSR count). The van der Waals surface area contributed by atoms with Crippen molar-refractivity contribution in [3.8, 4) is 0 Å². The predicted molar refractivity (Wildman–Crippen MR) is 83.0 cm³/mol.